The van der Waals surface area contributed by atoms with E-state index >= 15 is 0 Å². The lowest BCUT2D eigenvalue weighted by atomic mass is 10.0. The molecule has 0 aromatic rings. The van der Waals surface area contributed by atoms with Crippen molar-refractivity contribution in [1.82, 2.24) is 0 Å². The van der Waals surface area contributed by atoms with Gasteiger partial charge >= 0.3 is 5.97 Å². The van der Waals surface area contributed by atoms with E-state index < -0.39 is 0 Å². The van der Waals surface area contributed by atoms with E-state index in [0.29, 0.717) is 23.9 Å². The summed E-state index contributed by atoms with van der Waals surface area (Å²) in [5.41, 5.74) is 0. The van der Waals surface area contributed by atoms with Crippen molar-refractivity contribution in [2.75, 3.05) is 23.9 Å². The number of esters is 1. The molecule has 188 valence electrons. The van der Waals surface area contributed by atoms with Gasteiger partial charge in [-0.3, -0.25) is 4.79 Å². The number of hydrogen-bond acceptors (Lipinski definition) is 2. The predicted octanol–water partition coefficient (Wildman–Crippen LogP) is 5.62. The molecule has 0 heterocycles. The summed E-state index contributed by atoms with van der Waals surface area (Å²) in [4.78, 5) is 11.5. The van der Waals surface area contributed by atoms with Crippen LogP contribution in [0.15, 0.2) is 0 Å². The van der Waals surface area contributed by atoms with Gasteiger partial charge in [0.15, 0.2) is 0 Å². The maximum absolute atomic E-state index is 11.5. The predicted molar refractivity (Wildman–Crippen MR) is 138 cm³/mol. The summed E-state index contributed by atoms with van der Waals surface area (Å²) in [6.07, 6.45) is 25.7. The fourth-order valence-electron chi connectivity index (χ4n) is 3.96. The van der Waals surface area contributed by atoms with E-state index in [1.165, 1.54) is 126 Å². The highest BCUT2D eigenvalue weighted by atomic mass is 35.5. The van der Waals surface area contributed by atoms with Gasteiger partial charge in [0, 0.05) is 6.42 Å². The minimum Gasteiger partial charge on any atom is -1.00 e. The highest BCUT2D eigenvalue weighted by Gasteiger charge is 2.16. The molecule has 0 fully saturated rings. The van der Waals surface area contributed by atoms with E-state index in [0.717, 1.165) is 6.42 Å². The molecule has 0 aromatic heterocycles. The van der Waals surface area contributed by atoms with Crippen molar-refractivity contribution in [3.63, 3.8) is 0 Å². The highest BCUT2D eigenvalue weighted by molar-refractivity contribution is 7.96. The fourth-order valence-corrected chi connectivity index (χ4v) is 6.50. The van der Waals surface area contributed by atoms with Crippen LogP contribution < -0.4 is 12.4 Å². The number of hydrogen-bond donors (Lipinski definition) is 0. The van der Waals surface area contributed by atoms with Crippen LogP contribution in [-0.2, 0) is 20.4 Å². The van der Waals surface area contributed by atoms with Gasteiger partial charge in [-0.05, 0) is 49.9 Å². The lowest BCUT2D eigenvalue weighted by Crippen LogP contribution is -3.00. The van der Waals surface area contributed by atoms with E-state index in [-0.39, 0.29) is 18.4 Å². The zero-order valence-electron chi connectivity index (χ0n) is 21.4. The van der Waals surface area contributed by atoms with E-state index in [1.807, 2.05) is 6.92 Å². The van der Waals surface area contributed by atoms with E-state index in [4.69, 9.17) is 4.74 Å². The van der Waals surface area contributed by atoms with E-state index in [2.05, 4.69) is 13.8 Å². The Balaban J connectivity index is 0. The van der Waals surface area contributed by atoms with Crippen LogP contribution in [0.25, 0.3) is 0 Å². The Bertz CT molecular complexity index is 352. The fraction of sp³-hybridized carbons (Fsp3) is 0.963. The molecule has 0 aliphatic rings. The Morgan fingerprint density at radius 3 is 1.39 bits per heavy atom. The van der Waals surface area contributed by atoms with Gasteiger partial charge in [0.05, 0.1) is 6.61 Å². The largest absolute Gasteiger partial charge is 1.00 e. The zero-order chi connectivity index (χ0) is 22.1. The van der Waals surface area contributed by atoms with Crippen LogP contribution in [0.4, 0.5) is 0 Å². The minimum absolute atomic E-state index is 0. The van der Waals surface area contributed by atoms with Crippen molar-refractivity contribution >= 4 is 16.9 Å². The third-order valence-corrected chi connectivity index (χ3v) is 8.54. The number of carbonyl (C=O) groups is 1. The first-order valence-corrected chi connectivity index (χ1v) is 15.3. The van der Waals surface area contributed by atoms with Crippen LogP contribution in [0, 0.1) is 0 Å². The monoisotopic (exact) mass is 478 g/mol. The molecule has 31 heavy (non-hydrogen) atoms. The third kappa shape index (κ3) is 26.2. The molecular weight excluding hydrogens is 424 g/mol. The average Bonchev–Trinajstić information content (AvgIpc) is 2.74. The summed E-state index contributed by atoms with van der Waals surface area (Å²) >= 11 is 0. The molecule has 0 spiro atoms. The van der Waals surface area contributed by atoms with Crippen LogP contribution in [0.5, 0.6) is 0 Å². The Morgan fingerprint density at radius 1 is 0.548 bits per heavy atom. The van der Waals surface area contributed by atoms with Crippen LogP contribution >= 0.6 is 0 Å². The minimum atomic E-state index is -0.0158. The van der Waals surface area contributed by atoms with Crippen molar-refractivity contribution in [3.05, 3.63) is 0 Å². The first kappa shape index (κ1) is 33.3. The second kappa shape index (κ2) is 28.1. The molecule has 0 bridgehead atoms. The van der Waals surface area contributed by atoms with Gasteiger partial charge in [-0.15, -0.1) is 0 Å². The lowest BCUT2D eigenvalue weighted by Gasteiger charge is -2.09. The van der Waals surface area contributed by atoms with E-state index in [9.17, 15) is 4.79 Å². The zero-order valence-corrected chi connectivity index (χ0v) is 22.9. The van der Waals surface area contributed by atoms with Gasteiger partial charge in [0.2, 0.25) is 0 Å². The molecule has 0 saturated heterocycles. The van der Waals surface area contributed by atoms with Gasteiger partial charge in [0.25, 0.3) is 0 Å². The number of carbonyl (C=O) groups excluding carboxylic acids is 1. The summed E-state index contributed by atoms with van der Waals surface area (Å²) in [6, 6.07) is 0. The van der Waals surface area contributed by atoms with Crippen LogP contribution in [0.1, 0.15) is 143 Å². The Hall–Kier alpha value is 0.110. The second-order valence-corrected chi connectivity index (χ2v) is 11.4. The number of halogens is 1. The number of ether oxygens (including phenoxy) is 1. The van der Waals surface area contributed by atoms with Crippen molar-refractivity contribution in [2.24, 2.45) is 0 Å². The highest BCUT2D eigenvalue weighted by Crippen LogP contribution is 2.15. The van der Waals surface area contributed by atoms with Crippen molar-refractivity contribution in [2.45, 2.75) is 143 Å². The average molecular weight is 479 g/mol. The summed E-state index contributed by atoms with van der Waals surface area (Å²) in [5, 5.41) is 0. The topological polar surface area (TPSA) is 26.3 Å². The van der Waals surface area contributed by atoms with Gasteiger partial charge in [-0.1, -0.05) is 97.3 Å². The summed E-state index contributed by atoms with van der Waals surface area (Å²) in [5.74, 6) is 4.15. The van der Waals surface area contributed by atoms with Crippen LogP contribution in [0.3, 0.4) is 0 Å². The van der Waals surface area contributed by atoms with Gasteiger partial charge < -0.3 is 17.1 Å². The Morgan fingerprint density at radius 2 is 0.935 bits per heavy atom. The SMILES string of the molecule is CCCCCCCCCCCCCCCC[S+](CCCC)CCCCC(=O)OCC.[Cl-]. The molecule has 0 amide bonds. The molecule has 4 heteroatoms. The molecule has 2 nitrogen and oxygen atoms in total. The molecule has 0 rings (SSSR count). The third-order valence-electron chi connectivity index (χ3n) is 5.94. The lowest BCUT2D eigenvalue weighted by molar-refractivity contribution is -0.143. The molecular formula is C27H55ClO2S. The smallest absolute Gasteiger partial charge is 0.305 e. The Kier molecular flexibility index (Phi) is 30.2. The molecule has 0 aromatic carbocycles. The molecule has 0 saturated carbocycles. The summed E-state index contributed by atoms with van der Waals surface area (Å²) in [7, 11) is 0.589. The first-order valence-electron chi connectivity index (χ1n) is 13.5. The molecule has 0 aliphatic carbocycles. The molecule has 0 N–H and O–H groups in total. The normalized spacial score (nSPS) is 11.8. The molecule has 0 aliphatic heterocycles. The van der Waals surface area contributed by atoms with Gasteiger partial charge in [-0.25, -0.2) is 0 Å². The number of unbranched alkanes of at least 4 members (excludes halogenated alkanes) is 15. The second-order valence-electron chi connectivity index (χ2n) is 8.94. The summed E-state index contributed by atoms with van der Waals surface area (Å²) in [6.45, 7) is 6.99. The summed E-state index contributed by atoms with van der Waals surface area (Å²) < 4.78 is 5.03. The number of rotatable bonds is 24. The quantitative estimate of drug-likeness (QED) is 0.102. The molecule has 0 radical (unpaired) electrons. The maximum atomic E-state index is 11.5. The van der Waals surface area contributed by atoms with Gasteiger partial charge in [0.1, 0.15) is 17.3 Å². The molecule has 1 unspecified atom stereocenters. The van der Waals surface area contributed by atoms with Gasteiger partial charge in [-0.2, -0.15) is 0 Å². The van der Waals surface area contributed by atoms with Crippen molar-refractivity contribution < 1.29 is 21.9 Å². The first-order chi connectivity index (χ1) is 14.7. The van der Waals surface area contributed by atoms with Crippen LogP contribution in [-0.4, -0.2) is 29.8 Å². The van der Waals surface area contributed by atoms with Crippen molar-refractivity contribution in [3.8, 4) is 0 Å². The standard InChI is InChI=1S/C27H55O2S.ClH/c1-4-7-9-10-11-12-13-14-15-16-17-18-19-21-25-30(24-8-5-2)26-22-20-23-27(28)29-6-3;/h4-26H2,1-3H3;1H/q+1;/p-1. The van der Waals surface area contributed by atoms with E-state index in [1.54, 1.807) is 0 Å². The molecule has 1 atom stereocenters. The van der Waals surface area contributed by atoms with Crippen LogP contribution in [0.2, 0.25) is 0 Å². The Labute approximate surface area is 205 Å². The maximum Gasteiger partial charge on any atom is 0.305 e. The van der Waals surface area contributed by atoms with Crippen molar-refractivity contribution in [1.29, 1.82) is 0 Å².